The third-order valence-electron chi connectivity index (χ3n) is 6.72. The topological polar surface area (TPSA) is 105 Å². The van der Waals surface area contributed by atoms with Gasteiger partial charge in [0.2, 0.25) is 0 Å². The van der Waals surface area contributed by atoms with Crippen molar-refractivity contribution in [2.24, 2.45) is 0 Å². The molecule has 4 rings (SSSR count). The largest absolute Gasteiger partial charge is 0.497 e. The van der Waals surface area contributed by atoms with E-state index in [2.05, 4.69) is 5.32 Å². The van der Waals surface area contributed by atoms with Crippen molar-refractivity contribution in [1.82, 2.24) is 10.2 Å². The lowest BCUT2D eigenvalue weighted by Gasteiger charge is -2.28. The number of hydrogen-bond acceptors (Lipinski definition) is 6. The number of rotatable bonds is 8. The number of Topliss-reactive ketones (excluding diaryl/α,β-unsaturated/α-hetero) is 1. The maximum atomic E-state index is 13.4. The molecule has 3 unspecified atom stereocenters. The maximum absolute atomic E-state index is 13.4. The number of methoxy groups -OCH3 is 1. The Labute approximate surface area is 198 Å². The Kier molecular flexibility index (Phi) is 7.17. The van der Waals surface area contributed by atoms with Gasteiger partial charge in [0.1, 0.15) is 17.9 Å². The lowest BCUT2D eigenvalue weighted by Crippen LogP contribution is -2.55. The number of ether oxygens (including phenoxy) is 2. The fourth-order valence-corrected chi connectivity index (χ4v) is 4.91. The number of carboxylic acid groups (broad SMARTS) is 1. The first-order valence-electron chi connectivity index (χ1n) is 11.6. The van der Waals surface area contributed by atoms with Crippen LogP contribution in [0.3, 0.4) is 0 Å². The lowest BCUT2D eigenvalue weighted by atomic mass is 9.89. The molecule has 0 spiro atoms. The number of amides is 1. The maximum Gasteiger partial charge on any atom is 0.410 e. The van der Waals surface area contributed by atoms with Crippen molar-refractivity contribution in [1.29, 1.82) is 0 Å². The van der Waals surface area contributed by atoms with Gasteiger partial charge in [-0.15, -0.1) is 0 Å². The van der Waals surface area contributed by atoms with Crippen LogP contribution in [0.5, 0.6) is 5.75 Å². The minimum absolute atomic E-state index is 0.140. The smallest absolute Gasteiger partial charge is 0.410 e. The second-order valence-corrected chi connectivity index (χ2v) is 8.95. The molecule has 2 N–H and O–H groups in total. The number of nitrogens with zero attached hydrogens (tertiary/aromatic N) is 1. The number of hydrogen-bond donors (Lipinski definition) is 2. The number of carbonyl (C=O) groups excluding carboxylic acids is 2. The summed E-state index contributed by atoms with van der Waals surface area (Å²) in [7, 11) is 1.56. The molecule has 0 radical (unpaired) electrons. The van der Waals surface area contributed by atoms with E-state index in [1.54, 1.807) is 13.2 Å². The molecule has 0 aliphatic carbocycles. The molecule has 3 atom stereocenters. The molecule has 2 aromatic rings. The predicted octanol–water partition coefficient (Wildman–Crippen LogP) is 3.18. The number of nitrogens with one attached hydrogen (secondary N) is 1. The molecule has 0 aromatic heterocycles. The zero-order chi connectivity index (χ0) is 24.1. The Balaban J connectivity index is 1.41. The second kappa shape index (κ2) is 10.3. The summed E-state index contributed by atoms with van der Waals surface area (Å²) < 4.78 is 10.7. The lowest BCUT2D eigenvalue weighted by molar-refractivity contribution is -0.144. The Morgan fingerprint density at radius 2 is 1.85 bits per heavy atom. The summed E-state index contributed by atoms with van der Waals surface area (Å²) in [5, 5.41) is 13.2. The summed E-state index contributed by atoms with van der Waals surface area (Å²) in [6, 6.07) is 15.4. The van der Waals surface area contributed by atoms with Gasteiger partial charge in [-0.1, -0.05) is 42.5 Å². The van der Waals surface area contributed by atoms with E-state index in [0.29, 0.717) is 38.0 Å². The van der Waals surface area contributed by atoms with E-state index in [1.807, 2.05) is 48.5 Å². The summed E-state index contributed by atoms with van der Waals surface area (Å²) >= 11 is 0. The molecule has 2 aliphatic rings. The molecule has 0 bridgehead atoms. The molecule has 1 amide bonds. The van der Waals surface area contributed by atoms with E-state index >= 15 is 0 Å². The predicted molar refractivity (Wildman–Crippen MR) is 125 cm³/mol. The van der Waals surface area contributed by atoms with Gasteiger partial charge in [0.15, 0.2) is 5.78 Å². The van der Waals surface area contributed by atoms with Crippen LogP contribution in [-0.4, -0.2) is 59.1 Å². The number of likely N-dealkylation sites (tertiary alicyclic amines) is 1. The molecule has 2 heterocycles. The average molecular weight is 467 g/mol. The van der Waals surface area contributed by atoms with E-state index < -0.39 is 29.7 Å². The molecule has 34 heavy (non-hydrogen) atoms. The van der Waals surface area contributed by atoms with Crippen molar-refractivity contribution in [2.45, 2.75) is 56.3 Å². The highest BCUT2D eigenvalue weighted by atomic mass is 16.6. The van der Waals surface area contributed by atoms with Gasteiger partial charge < -0.3 is 14.6 Å². The summed E-state index contributed by atoms with van der Waals surface area (Å²) in [6.07, 6.45) is 1.69. The minimum Gasteiger partial charge on any atom is -0.497 e. The fraction of sp³-hybridized carbons (Fsp3) is 0.423. The zero-order valence-electron chi connectivity index (χ0n) is 19.2. The molecule has 2 saturated heterocycles. The highest BCUT2D eigenvalue weighted by Gasteiger charge is 2.49. The SMILES string of the molecule is COc1cccc(CC2(C(=O)O)CCC(C(=O)C3CCCN3C(=O)OCc3ccccc3)N2)c1. The van der Waals surface area contributed by atoms with Gasteiger partial charge in [0.25, 0.3) is 0 Å². The Morgan fingerprint density at radius 1 is 1.09 bits per heavy atom. The van der Waals surface area contributed by atoms with Gasteiger partial charge >= 0.3 is 12.1 Å². The van der Waals surface area contributed by atoms with Crippen molar-refractivity contribution in [2.75, 3.05) is 13.7 Å². The molecular weight excluding hydrogens is 436 g/mol. The summed E-state index contributed by atoms with van der Waals surface area (Å²) in [6.45, 7) is 0.589. The Bertz CT molecular complexity index is 1040. The van der Waals surface area contributed by atoms with E-state index in [-0.39, 0.29) is 18.8 Å². The van der Waals surface area contributed by atoms with Crippen molar-refractivity contribution >= 4 is 17.8 Å². The van der Waals surface area contributed by atoms with Crippen LogP contribution in [0.15, 0.2) is 54.6 Å². The van der Waals surface area contributed by atoms with Gasteiger partial charge in [-0.2, -0.15) is 0 Å². The summed E-state index contributed by atoms with van der Waals surface area (Å²) in [5.74, 6) is -0.488. The Morgan fingerprint density at radius 3 is 2.59 bits per heavy atom. The van der Waals surface area contributed by atoms with Crippen LogP contribution in [0, 0.1) is 0 Å². The standard InChI is InChI=1S/C26H30N2O6/c1-33-20-10-5-9-19(15-20)16-26(24(30)31)13-12-21(27-26)23(29)22-11-6-14-28(22)25(32)34-17-18-7-3-2-4-8-18/h2-5,7-10,15,21-22,27H,6,11-14,16-17H2,1H3,(H,30,31). The molecule has 2 aromatic carbocycles. The first-order chi connectivity index (χ1) is 16.4. The van der Waals surface area contributed by atoms with E-state index in [1.165, 1.54) is 4.90 Å². The van der Waals surface area contributed by atoms with E-state index in [9.17, 15) is 19.5 Å². The number of benzene rings is 2. The van der Waals surface area contributed by atoms with Crippen LogP contribution in [0.25, 0.3) is 0 Å². The number of aliphatic carboxylic acids is 1. The van der Waals surface area contributed by atoms with Crippen LogP contribution >= 0.6 is 0 Å². The number of carbonyl (C=O) groups is 3. The van der Waals surface area contributed by atoms with Crippen molar-refractivity contribution in [3.05, 3.63) is 65.7 Å². The van der Waals surface area contributed by atoms with Crippen molar-refractivity contribution in [3.8, 4) is 5.75 Å². The molecule has 8 nitrogen and oxygen atoms in total. The minimum atomic E-state index is -1.25. The van der Waals surface area contributed by atoms with Gasteiger partial charge in [0, 0.05) is 13.0 Å². The van der Waals surface area contributed by atoms with Crippen molar-refractivity contribution < 1.29 is 29.0 Å². The van der Waals surface area contributed by atoms with Crippen LogP contribution in [0.4, 0.5) is 4.79 Å². The Hall–Kier alpha value is -3.39. The highest BCUT2D eigenvalue weighted by Crippen LogP contribution is 2.32. The average Bonchev–Trinajstić information content (AvgIpc) is 3.51. The van der Waals surface area contributed by atoms with Gasteiger partial charge in [-0.25, -0.2) is 4.79 Å². The van der Waals surface area contributed by atoms with Gasteiger partial charge in [0.05, 0.1) is 19.2 Å². The van der Waals surface area contributed by atoms with E-state index in [4.69, 9.17) is 9.47 Å². The zero-order valence-corrected chi connectivity index (χ0v) is 19.2. The third kappa shape index (κ3) is 5.07. The first kappa shape index (κ1) is 23.8. The summed E-state index contributed by atoms with van der Waals surface area (Å²) in [5.41, 5.74) is 0.442. The van der Waals surface area contributed by atoms with Crippen LogP contribution in [-0.2, 0) is 27.4 Å². The first-order valence-corrected chi connectivity index (χ1v) is 11.6. The third-order valence-corrected chi connectivity index (χ3v) is 6.72. The molecule has 180 valence electrons. The fourth-order valence-electron chi connectivity index (χ4n) is 4.91. The van der Waals surface area contributed by atoms with Gasteiger partial charge in [-0.3, -0.25) is 19.8 Å². The molecule has 8 heteroatoms. The molecule has 0 saturated carbocycles. The second-order valence-electron chi connectivity index (χ2n) is 8.95. The monoisotopic (exact) mass is 466 g/mol. The molecule has 2 aliphatic heterocycles. The number of ketones is 1. The molecule has 2 fully saturated rings. The molecular formula is C26H30N2O6. The highest BCUT2D eigenvalue weighted by molar-refractivity contribution is 5.93. The van der Waals surface area contributed by atoms with Crippen LogP contribution < -0.4 is 10.1 Å². The van der Waals surface area contributed by atoms with E-state index in [0.717, 1.165) is 11.1 Å². The van der Waals surface area contributed by atoms with Gasteiger partial charge in [-0.05, 0) is 48.9 Å². The normalized spacial score (nSPS) is 24.1. The van der Waals surface area contributed by atoms with Crippen molar-refractivity contribution in [3.63, 3.8) is 0 Å². The van der Waals surface area contributed by atoms with Crippen LogP contribution in [0.1, 0.15) is 36.8 Å². The quantitative estimate of drug-likeness (QED) is 0.616. The number of carboxylic acids is 1. The van der Waals surface area contributed by atoms with Crippen LogP contribution in [0.2, 0.25) is 0 Å². The summed E-state index contributed by atoms with van der Waals surface area (Å²) in [4.78, 5) is 39.8.